The Kier molecular flexibility index (Phi) is 4.67. The predicted octanol–water partition coefficient (Wildman–Crippen LogP) is 4.56. The van der Waals surface area contributed by atoms with Gasteiger partial charge in [0.25, 0.3) is 5.56 Å². The summed E-state index contributed by atoms with van der Waals surface area (Å²) in [4.78, 5) is 27.1. The average molecular weight is 507 g/mol. The van der Waals surface area contributed by atoms with Gasteiger partial charge >= 0.3 is 5.69 Å². The van der Waals surface area contributed by atoms with Crippen molar-refractivity contribution in [3.8, 4) is 28.4 Å². The minimum Gasteiger partial charge on any atom is -0.454 e. The van der Waals surface area contributed by atoms with Crippen molar-refractivity contribution in [1.29, 1.82) is 0 Å². The van der Waals surface area contributed by atoms with Gasteiger partial charge in [0.15, 0.2) is 11.5 Å². The van der Waals surface area contributed by atoms with Crippen molar-refractivity contribution in [3.63, 3.8) is 0 Å². The maximum absolute atomic E-state index is 13.8. The highest BCUT2D eigenvalue weighted by atomic mass is 16.7. The van der Waals surface area contributed by atoms with Crippen LogP contribution in [-0.4, -0.2) is 20.5 Å². The summed E-state index contributed by atoms with van der Waals surface area (Å²) in [6.45, 7) is 4.35. The van der Waals surface area contributed by atoms with Crippen LogP contribution in [0.4, 0.5) is 5.69 Å². The van der Waals surface area contributed by atoms with Crippen LogP contribution in [0.25, 0.3) is 27.8 Å². The van der Waals surface area contributed by atoms with E-state index in [0.29, 0.717) is 22.4 Å². The molecule has 3 aromatic carbocycles. The zero-order valence-corrected chi connectivity index (χ0v) is 21.5. The molecule has 2 aliphatic heterocycles. The molecule has 0 radical (unpaired) electrons. The molecule has 0 fully saturated rings. The number of aromatic nitrogens is 3. The molecule has 2 aliphatic rings. The molecule has 0 saturated carbocycles. The lowest BCUT2D eigenvalue weighted by molar-refractivity contribution is 0.174. The third-order valence-corrected chi connectivity index (χ3v) is 7.81. The summed E-state index contributed by atoms with van der Waals surface area (Å²) in [6, 6.07) is 19.7. The number of rotatable bonds is 2. The molecule has 1 N–H and O–H groups in total. The maximum atomic E-state index is 13.8. The van der Waals surface area contributed by atoms with Gasteiger partial charge < -0.3 is 19.4 Å². The molecule has 0 saturated heterocycles. The molecule has 7 rings (SSSR count). The highest BCUT2D eigenvalue weighted by molar-refractivity contribution is 5.99. The number of fused-ring (bicyclic) bond motifs is 6. The van der Waals surface area contributed by atoms with Crippen LogP contribution in [0.5, 0.6) is 11.5 Å². The second kappa shape index (κ2) is 7.89. The minimum absolute atomic E-state index is 0.181. The van der Waals surface area contributed by atoms with Crippen LogP contribution in [-0.2, 0) is 14.1 Å². The first-order chi connectivity index (χ1) is 18.3. The monoisotopic (exact) mass is 506 g/mol. The fraction of sp³-hybridized carbons (Fsp3) is 0.200. The first-order valence-corrected chi connectivity index (χ1v) is 12.5. The summed E-state index contributed by atoms with van der Waals surface area (Å²) in [5.74, 6) is 1.37. The van der Waals surface area contributed by atoms with E-state index >= 15 is 0 Å². The Morgan fingerprint density at radius 3 is 2.39 bits per heavy atom. The van der Waals surface area contributed by atoms with Gasteiger partial charge in [-0.25, -0.2) is 4.79 Å². The number of aryl methyl sites for hydroxylation is 3. The molecule has 8 heteroatoms. The Morgan fingerprint density at radius 1 is 0.868 bits per heavy atom. The largest absolute Gasteiger partial charge is 0.454 e. The molecule has 0 unspecified atom stereocenters. The van der Waals surface area contributed by atoms with E-state index in [4.69, 9.17) is 9.47 Å². The van der Waals surface area contributed by atoms with E-state index in [0.717, 1.165) is 45.0 Å². The lowest BCUT2D eigenvalue weighted by Crippen LogP contribution is -2.37. The topological polar surface area (TPSA) is 79.4 Å². The molecule has 0 bridgehead atoms. The standard InChI is InChI=1S/C30H26N4O4/c1-16-12-20-21(13-17(16)2)34-26(18-8-6-5-7-9-18)24-27(32(3)30(36)33(4)29(24)35)28(34)25(31-20)19-10-11-22-23(14-19)38-15-37-22/h5-14,25,31H,15H2,1-4H3/t25-/m1/s1. The normalized spacial score (nSPS) is 15.3. The molecule has 0 aliphatic carbocycles. The van der Waals surface area contributed by atoms with Crippen molar-refractivity contribution >= 4 is 16.6 Å². The van der Waals surface area contributed by atoms with E-state index < -0.39 is 0 Å². The lowest BCUT2D eigenvalue weighted by Gasteiger charge is -2.32. The summed E-state index contributed by atoms with van der Waals surface area (Å²) in [5, 5.41) is 4.23. The highest BCUT2D eigenvalue weighted by Gasteiger charge is 2.35. The maximum Gasteiger partial charge on any atom is 0.331 e. The van der Waals surface area contributed by atoms with Crippen molar-refractivity contribution in [2.75, 3.05) is 12.1 Å². The number of nitrogens with one attached hydrogen (secondary N) is 1. The molecule has 0 amide bonds. The van der Waals surface area contributed by atoms with Gasteiger partial charge in [0.2, 0.25) is 6.79 Å². The van der Waals surface area contributed by atoms with Crippen molar-refractivity contribution in [3.05, 3.63) is 104 Å². The van der Waals surface area contributed by atoms with E-state index in [1.807, 2.05) is 48.5 Å². The summed E-state index contributed by atoms with van der Waals surface area (Å²) in [7, 11) is 3.26. The van der Waals surface area contributed by atoms with Crippen molar-refractivity contribution < 1.29 is 9.47 Å². The molecule has 8 nitrogen and oxygen atoms in total. The van der Waals surface area contributed by atoms with Crippen LogP contribution < -0.4 is 26.0 Å². The zero-order valence-electron chi connectivity index (χ0n) is 21.5. The van der Waals surface area contributed by atoms with E-state index in [1.165, 1.54) is 11.6 Å². The van der Waals surface area contributed by atoms with Crippen LogP contribution in [0.2, 0.25) is 0 Å². The fourth-order valence-electron chi connectivity index (χ4n) is 5.74. The zero-order chi connectivity index (χ0) is 26.3. The Hall–Kier alpha value is -4.72. The van der Waals surface area contributed by atoms with Gasteiger partial charge in [-0.3, -0.25) is 13.9 Å². The Morgan fingerprint density at radius 2 is 1.61 bits per heavy atom. The smallest absolute Gasteiger partial charge is 0.331 e. The Labute approximate surface area is 218 Å². The van der Waals surface area contributed by atoms with E-state index in [9.17, 15) is 9.59 Å². The lowest BCUT2D eigenvalue weighted by atomic mass is 9.97. The van der Waals surface area contributed by atoms with Crippen LogP contribution in [0.15, 0.2) is 70.3 Å². The van der Waals surface area contributed by atoms with Crippen LogP contribution >= 0.6 is 0 Å². The molecule has 4 heterocycles. The average Bonchev–Trinajstić information content (AvgIpc) is 3.54. The van der Waals surface area contributed by atoms with Crippen LogP contribution in [0.1, 0.15) is 28.4 Å². The summed E-state index contributed by atoms with van der Waals surface area (Å²) < 4.78 is 16.2. The van der Waals surface area contributed by atoms with Crippen LogP contribution in [0, 0.1) is 13.8 Å². The quantitative estimate of drug-likeness (QED) is 0.380. The number of hydrogen-bond donors (Lipinski definition) is 1. The van der Waals surface area contributed by atoms with E-state index in [2.05, 4.69) is 35.9 Å². The number of benzene rings is 3. The van der Waals surface area contributed by atoms with E-state index in [-0.39, 0.29) is 24.1 Å². The second-order valence-corrected chi connectivity index (χ2v) is 10.0. The highest BCUT2D eigenvalue weighted by Crippen LogP contribution is 2.47. The van der Waals surface area contributed by atoms with Crippen LogP contribution in [0.3, 0.4) is 0 Å². The summed E-state index contributed by atoms with van der Waals surface area (Å²) in [5.41, 5.74) is 7.52. The molecule has 38 heavy (non-hydrogen) atoms. The Balaban J connectivity index is 1.69. The van der Waals surface area contributed by atoms with Gasteiger partial charge in [-0.15, -0.1) is 0 Å². The molecule has 0 spiro atoms. The van der Waals surface area contributed by atoms with Gasteiger partial charge in [0.1, 0.15) is 0 Å². The van der Waals surface area contributed by atoms with Gasteiger partial charge in [0, 0.05) is 14.1 Å². The number of ether oxygens (including phenoxy) is 2. The third-order valence-electron chi connectivity index (χ3n) is 7.81. The van der Waals surface area contributed by atoms with Gasteiger partial charge in [-0.05, 0) is 60.4 Å². The van der Waals surface area contributed by atoms with Gasteiger partial charge in [-0.1, -0.05) is 36.4 Å². The van der Waals surface area contributed by atoms with Crippen molar-refractivity contribution in [2.24, 2.45) is 14.1 Å². The molecule has 2 aromatic heterocycles. The summed E-state index contributed by atoms with van der Waals surface area (Å²) in [6.07, 6.45) is 0. The molecular formula is C30H26N4O4. The number of anilines is 1. The summed E-state index contributed by atoms with van der Waals surface area (Å²) >= 11 is 0. The molecule has 1 atom stereocenters. The van der Waals surface area contributed by atoms with Gasteiger partial charge in [0.05, 0.1) is 39.7 Å². The first kappa shape index (κ1) is 22.5. The number of nitrogens with zero attached hydrogens (tertiary/aromatic N) is 3. The Bertz CT molecular complexity index is 1910. The second-order valence-electron chi connectivity index (χ2n) is 10.0. The fourth-order valence-corrected chi connectivity index (χ4v) is 5.74. The SMILES string of the molecule is Cc1cc2c(cc1C)-n1c(-c3ccccc3)c3c(=O)n(C)c(=O)n(C)c3c1[C@@H](c1ccc3c(c1)OCO3)N2. The van der Waals surface area contributed by atoms with E-state index in [1.54, 1.807) is 11.6 Å². The first-order valence-electron chi connectivity index (χ1n) is 12.5. The molecular weight excluding hydrogens is 480 g/mol. The minimum atomic E-state index is -0.370. The van der Waals surface area contributed by atoms with Crippen molar-refractivity contribution in [1.82, 2.24) is 13.7 Å². The number of hydrogen-bond acceptors (Lipinski definition) is 5. The van der Waals surface area contributed by atoms with Crippen molar-refractivity contribution in [2.45, 2.75) is 19.9 Å². The van der Waals surface area contributed by atoms with Gasteiger partial charge in [-0.2, -0.15) is 0 Å². The molecule has 190 valence electrons. The molecule has 5 aromatic rings. The third kappa shape index (κ3) is 2.97. The predicted molar refractivity (Wildman–Crippen MR) is 147 cm³/mol.